The average molecular weight is 186 g/mol. The van der Waals surface area contributed by atoms with Crippen LogP contribution in [-0.4, -0.2) is 48.2 Å². The first-order valence-corrected chi connectivity index (χ1v) is 4.89. The molecule has 0 aromatic heterocycles. The molecule has 1 amide bonds. The van der Waals surface area contributed by atoms with Crippen molar-refractivity contribution in [2.75, 3.05) is 26.2 Å². The second kappa shape index (κ2) is 5.19. The van der Waals surface area contributed by atoms with Gasteiger partial charge in [0.25, 0.3) is 0 Å². The largest absolute Gasteiger partial charge is 0.395 e. The third-order valence-corrected chi connectivity index (χ3v) is 2.43. The molecular weight excluding hydrogens is 168 g/mol. The van der Waals surface area contributed by atoms with Gasteiger partial charge in [-0.25, -0.2) is 0 Å². The summed E-state index contributed by atoms with van der Waals surface area (Å²) in [5.74, 6) is 0.0582. The lowest BCUT2D eigenvalue weighted by molar-refractivity contribution is -0.122. The predicted octanol–water partition coefficient (Wildman–Crippen LogP) is -0.421. The Bertz CT molecular complexity index is 173. The van der Waals surface area contributed by atoms with Gasteiger partial charge >= 0.3 is 0 Å². The number of aliphatic hydroxyl groups excluding tert-OH is 1. The summed E-state index contributed by atoms with van der Waals surface area (Å²) in [4.78, 5) is 13.3. The first kappa shape index (κ1) is 10.5. The van der Waals surface area contributed by atoms with E-state index in [-0.39, 0.29) is 18.6 Å². The number of carbonyl (C=O) groups excluding carboxylic acids is 1. The van der Waals surface area contributed by atoms with E-state index < -0.39 is 0 Å². The first-order chi connectivity index (χ1) is 6.27. The van der Waals surface area contributed by atoms with Crippen molar-refractivity contribution in [2.24, 2.45) is 0 Å². The maximum atomic E-state index is 11.2. The quantitative estimate of drug-likeness (QED) is 0.627. The van der Waals surface area contributed by atoms with Crippen LogP contribution in [0.15, 0.2) is 0 Å². The molecule has 0 bridgehead atoms. The maximum Gasteiger partial charge on any atom is 0.234 e. The summed E-state index contributed by atoms with van der Waals surface area (Å²) in [5, 5.41) is 11.8. The van der Waals surface area contributed by atoms with E-state index in [2.05, 4.69) is 5.32 Å². The minimum Gasteiger partial charge on any atom is -0.395 e. The minimum absolute atomic E-state index is 0.0582. The van der Waals surface area contributed by atoms with Crippen molar-refractivity contribution in [1.29, 1.82) is 0 Å². The molecule has 0 unspecified atom stereocenters. The molecule has 0 saturated carbocycles. The summed E-state index contributed by atoms with van der Waals surface area (Å²) in [7, 11) is 0. The molecule has 76 valence electrons. The van der Waals surface area contributed by atoms with Crippen LogP contribution in [0, 0.1) is 0 Å². The fraction of sp³-hybridized carbons (Fsp3) is 0.889. The summed E-state index contributed by atoms with van der Waals surface area (Å²) in [5.41, 5.74) is 0. The van der Waals surface area contributed by atoms with Crippen LogP contribution in [0.25, 0.3) is 0 Å². The molecule has 1 aliphatic heterocycles. The number of hydrogen-bond donors (Lipinski definition) is 2. The Morgan fingerprint density at radius 2 is 2.46 bits per heavy atom. The van der Waals surface area contributed by atoms with Crippen LogP contribution in [0.2, 0.25) is 0 Å². The number of carbonyl (C=O) groups is 1. The molecule has 0 spiro atoms. The monoisotopic (exact) mass is 186 g/mol. The van der Waals surface area contributed by atoms with Gasteiger partial charge in [-0.15, -0.1) is 0 Å². The van der Waals surface area contributed by atoms with Gasteiger partial charge in [-0.3, -0.25) is 9.69 Å². The third kappa shape index (κ3) is 2.97. The topological polar surface area (TPSA) is 52.6 Å². The lowest BCUT2D eigenvalue weighted by Gasteiger charge is -2.21. The zero-order chi connectivity index (χ0) is 9.68. The van der Waals surface area contributed by atoms with Gasteiger partial charge in [-0.2, -0.15) is 0 Å². The van der Waals surface area contributed by atoms with Gasteiger partial charge in [-0.05, 0) is 26.3 Å². The molecule has 0 radical (unpaired) electrons. The second-order valence-electron chi connectivity index (χ2n) is 3.40. The van der Waals surface area contributed by atoms with Crippen LogP contribution in [0.5, 0.6) is 0 Å². The summed E-state index contributed by atoms with van der Waals surface area (Å²) in [6.45, 7) is 4.11. The molecule has 1 atom stereocenters. The molecule has 1 fully saturated rings. The Labute approximate surface area is 78.9 Å². The molecule has 4 heteroatoms. The number of likely N-dealkylation sites (tertiary alicyclic amines) is 1. The van der Waals surface area contributed by atoms with E-state index in [1.807, 2.05) is 11.8 Å². The van der Waals surface area contributed by atoms with E-state index in [0.717, 1.165) is 19.4 Å². The number of nitrogens with one attached hydrogen (secondary N) is 1. The highest BCUT2D eigenvalue weighted by molar-refractivity contribution is 5.78. The molecule has 1 rings (SSSR count). The van der Waals surface area contributed by atoms with Gasteiger partial charge in [0.2, 0.25) is 5.91 Å². The van der Waals surface area contributed by atoms with E-state index in [0.29, 0.717) is 13.1 Å². The molecule has 1 saturated heterocycles. The van der Waals surface area contributed by atoms with Crippen LogP contribution in [0.4, 0.5) is 0 Å². The van der Waals surface area contributed by atoms with Crippen molar-refractivity contribution in [3.8, 4) is 0 Å². The molecule has 2 N–H and O–H groups in total. The number of amides is 1. The number of aliphatic hydroxyl groups is 1. The van der Waals surface area contributed by atoms with Crippen LogP contribution >= 0.6 is 0 Å². The molecule has 0 aromatic rings. The highest BCUT2D eigenvalue weighted by Gasteiger charge is 2.24. The zero-order valence-electron chi connectivity index (χ0n) is 8.12. The van der Waals surface area contributed by atoms with Crippen LogP contribution in [0.3, 0.4) is 0 Å². The Morgan fingerprint density at radius 3 is 3.08 bits per heavy atom. The lowest BCUT2D eigenvalue weighted by atomic mass is 10.2. The zero-order valence-corrected chi connectivity index (χ0v) is 8.12. The lowest BCUT2D eigenvalue weighted by Crippen LogP contribution is -2.41. The molecule has 4 nitrogen and oxygen atoms in total. The van der Waals surface area contributed by atoms with Crippen LogP contribution < -0.4 is 5.32 Å². The SMILES string of the molecule is CCNC(=O)CN1CCC[C@H]1CO. The van der Waals surface area contributed by atoms with E-state index in [1.54, 1.807) is 0 Å². The Balaban J connectivity index is 2.30. The number of rotatable bonds is 4. The predicted molar refractivity (Wildman–Crippen MR) is 50.4 cm³/mol. The van der Waals surface area contributed by atoms with Crippen molar-refractivity contribution in [3.05, 3.63) is 0 Å². The fourth-order valence-corrected chi connectivity index (χ4v) is 1.75. The van der Waals surface area contributed by atoms with Crippen molar-refractivity contribution in [2.45, 2.75) is 25.8 Å². The Hall–Kier alpha value is -0.610. The van der Waals surface area contributed by atoms with E-state index in [4.69, 9.17) is 5.11 Å². The molecule has 13 heavy (non-hydrogen) atoms. The van der Waals surface area contributed by atoms with E-state index in [1.165, 1.54) is 0 Å². The van der Waals surface area contributed by atoms with Gasteiger partial charge in [0, 0.05) is 12.6 Å². The van der Waals surface area contributed by atoms with Crippen molar-refractivity contribution >= 4 is 5.91 Å². The second-order valence-corrected chi connectivity index (χ2v) is 3.40. The van der Waals surface area contributed by atoms with Crippen LogP contribution in [0.1, 0.15) is 19.8 Å². The number of likely N-dealkylation sites (N-methyl/N-ethyl adjacent to an activating group) is 1. The van der Waals surface area contributed by atoms with Gasteiger partial charge in [0.15, 0.2) is 0 Å². The number of hydrogen-bond acceptors (Lipinski definition) is 3. The van der Waals surface area contributed by atoms with Crippen LogP contribution in [-0.2, 0) is 4.79 Å². The van der Waals surface area contributed by atoms with Gasteiger partial charge < -0.3 is 10.4 Å². The Kier molecular flexibility index (Phi) is 4.18. The van der Waals surface area contributed by atoms with Crippen molar-refractivity contribution < 1.29 is 9.90 Å². The number of nitrogens with zero attached hydrogens (tertiary/aromatic N) is 1. The van der Waals surface area contributed by atoms with E-state index in [9.17, 15) is 4.79 Å². The normalized spacial score (nSPS) is 23.4. The standard InChI is InChI=1S/C9H18N2O2/c1-2-10-9(13)6-11-5-3-4-8(11)7-12/h8,12H,2-7H2,1H3,(H,10,13)/t8-/m0/s1. The molecule has 1 heterocycles. The molecule has 0 aliphatic carbocycles. The van der Waals surface area contributed by atoms with Gasteiger partial charge in [0.05, 0.1) is 13.2 Å². The summed E-state index contributed by atoms with van der Waals surface area (Å²) in [6, 6.07) is 0.197. The fourth-order valence-electron chi connectivity index (χ4n) is 1.75. The average Bonchev–Trinajstić information content (AvgIpc) is 2.52. The smallest absolute Gasteiger partial charge is 0.234 e. The van der Waals surface area contributed by atoms with Crippen molar-refractivity contribution in [1.82, 2.24) is 10.2 Å². The van der Waals surface area contributed by atoms with E-state index >= 15 is 0 Å². The highest BCUT2D eigenvalue weighted by Crippen LogP contribution is 2.15. The van der Waals surface area contributed by atoms with Crippen molar-refractivity contribution in [3.63, 3.8) is 0 Å². The van der Waals surface area contributed by atoms with Gasteiger partial charge in [0.1, 0.15) is 0 Å². The summed E-state index contributed by atoms with van der Waals surface area (Å²) >= 11 is 0. The minimum atomic E-state index is 0.0582. The highest BCUT2D eigenvalue weighted by atomic mass is 16.3. The molecule has 0 aromatic carbocycles. The molecular formula is C9H18N2O2. The van der Waals surface area contributed by atoms with Gasteiger partial charge in [-0.1, -0.05) is 0 Å². The summed E-state index contributed by atoms with van der Waals surface area (Å²) < 4.78 is 0. The summed E-state index contributed by atoms with van der Waals surface area (Å²) in [6.07, 6.45) is 2.10. The molecule has 1 aliphatic rings. The maximum absolute atomic E-state index is 11.2. The third-order valence-electron chi connectivity index (χ3n) is 2.43. The first-order valence-electron chi connectivity index (χ1n) is 4.89. The Morgan fingerprint density at radius 1 is 1.69 bits per heavy atom.